The molecule has 2 aliphatic heterocycles. The molecule has 1 unspecified atom stereocenters. The fourth-order valence-corrected chi connectivity index (χ4v) is 6.09. The molecule has 1 atom stereocenters. The number of piperidine rings is 1. The lowest BCUT2D eigenvalue weighted by atomic mass is 9.98. The van der Waals surface area contributed by atoms with Crippen molar-refractivity contribution in [3.05, 3.63) is 22.9 Å². The summed E-state index contributed by atoms with van der Waals surface area (Å²) in [6, 6.07) is 5.04. The van der Waals surface area contributed by atoms with Crippen LogP contribution in [0.15, 0.2) is 33.0 Å². The molecule has 170 valence electrons. The van der Waals surface area contributed by atoms with Crippen molar-refractivity contribution in [3.8, 4) is 11.5 Å². The number of ether oxygens (including phenoxy) is 2. The summed E-state index contributed by atoms with van der Waals surface area (Å²) in [6.45, 7) is 6.82. The van der Waals surface area contributed by atoms with Crippen molar-refractivity contribution in [2.24, 2.45) is 0 Å². The Bertz CT molecular complexity index is 1140. The number of benzene rings is 1. The first-order valence-electron chi connectivity index (χ1n) is 11.0. The average molecular weight is 519 g/mol. The lowest BCUT2D eigenvalue weighted by Gasteiger charge is -2.38. The van der Waals surface area contributed by atoms with Crippen LogP contribution in [0.5, 0.6) is 11.5 Å². The number of nitrogens with two attached hydrogens (primary N) is 1. The lowest BCUT2D eigenvalue weighted by Crippen LogP contribution is -2.44. The molecule has 3 aromatic rings. The SMILES string of the molecule is CC(C)N1CCCCC1CCn1c(Sc2cc3c(cc2Br)OCO3)nc2c(N)ncnc21. The van der Waals surface area contributed by atoms with E-state index >= 15 is 0 Å². The molecule has 2 aromatic heterocycles. The maximum absolute atomic E-state index is 6.15. The summed E-state index contributed by atoms with van der Waals surface area (Å²) < 4.78 is 14.2. The minimum Gasteiger partial charge on any atom is -0.454 e. The Hall–Kier alpha value is -2.04. The van der Waals surface area contributed by atoms with Gasteiger partial charge in [0, 0.05) is 28.0 Å². The predicted molar refractivity (Wildman–Crippen MR) is 128 cm³/mol. The van der Waals surface area contributed by atoms with Gasteiger partial charge in [0.25, 0.3) is 0 Å². The smallest absolute Gasteiger partial charge is 0.231 e. The fourth-order valence-electron chi connectivity index (χ4n) is 4.58. The number of aryl methyl sites for hydroxylation is 1. The third kappa shape index (κ3) is 4.15. The van der Waals surface area contributed by atoms with E-state index in [1.807, 2.05) is 12.1 Å². The van der Waals surface area contributed by atoms with Gasteiger partial charge in [-0.3, -0.25) is 4.90 Å². The summed E-state index contributed by atoms with van der Waals surface area (Å²) in [7, 11) is 0. The summed E-state index contributed by atoms with van der Waals surface area (Å²) in [5.74, 6) is 1.89. The van der Waals surface area contributed by atoms with Crippen molar-refractivity contribution in [3.63, 3.8) is 0 Å². The van der Waals surface area contributed by atoms with Gasteiger partial charge < -0.3 is 19.8 Å². The van der Waals surface area contributed by atoms with Crippen molar-refractivity contribution in [2.75, 3.05) is 19.1 Å². The molecule has 0 bridgehead atoms. The Morgan fingerprint density at radius 3 is 2.84 bits per heavy atom. The Labute approximate surface area is 200 Å². The summed E-state index contributed by atoms with van der Waals surface area (Å²) in [5, 5.41) is 0.846. The number of nitrogens with zero attached hydrogens (tertiary/aromatic N) is 5. The lowest BCUT2D eigenvalue weighted by molar-refractivity contribution is 0.102. The first-order valence-corrected chi connectivity index (χ1v) is 12.6. The highest BCUT2D eigenvalue weighted by molar-refractivity contribution is 9.10. The molecule has 0 aliphatic carbocycles. The van der Waals surface area contributed by atoms with Crippen LogP contribution in [0, 0.1) is 0 Å². The van der Waals surface area contributed by atoms with E-state index in [0.29, 0.717) is 23.4 Å². The van der Waals surface area contributed by atoms with Crippen molar-refractivity contribution in [2.45, 2.75) is 68.2 Å². The summed E-state index contributed by atoms with van der Waals surface area (Å²) >= 11 is 5.23. The molecule has 2 N–H and O–H groups in total. The molecule has 8 nitrogen and oxygen atoms in total. The first kappa shape index (κ1) is 21.8. The first-order chi connectivity index (χ1) is 15.5. The molecular weight excluding hydrogens is 492 g/mol. The molecule has 5 rings (SSSR count). The van der Waals surface area contributed by atoms with Gasteiger partial charge in [-0.25, -0.2) is 15.0 Å². The van der Waals surface area contributed by atoms with Crippen LogP contribution >= 0.6 is 27.7 Å². The van der Waals surface area contributed by atoms with Gasteiger partial charge in [0.1, 0.15) is 6.33 Å². The molecule has 1 aromatic carbocycles. The highest BCUT2D eigenvalue weighted by atomic mass is 79.9. The van der Waals surface area contributed by atoms with E-state index in [-0.39, 0.29) is 6.79 Å². The zero-order chi connectivity index (χ0) is 22.2. The zero-order valence-electron chi connectivity index (χ0n) is 18.3. The van der Waals surface area contributed by atoms with E-state index in [2.05, 4.69) is 49.2 Å². The monoisotopic (exact) mass is 518 g/mol. The summed E-state index contributed by atoms with van der Waals surface area (Å²) in [5.41, 5.74) is 7.58. The van der Waals surface area contributed by atoms with Crippen LogP contribution in [-0.2, 0) is 6.54 Å². The van der Waals surface area contributed by atoms with E-state index in [1.54, 1.807) is 11.8 Å². The third-order valence-corrected chi connectivity index (χ3v) is 8.15. The van der Waals surface area contributed by atoms with E-state index in [0.717, 1.165) is 44.6 Å². The van der Waals surface area contributed by atoms with Crippen LogP contribution in [0.1, 0.15) is 39.5 Å². The second-order valence-corrected chi connectivity index (χ2v) is 10.3. The number of rotatable bonds is 6. The number of likely N-dealkylation sites (tertiary alicyclic amines) is 1. The number of hydrogen-bond donors (Lipinski definition) is 1. The number of aromatic nitrogens is 4. The maximum atomic E-state index is 6.15. The number of imidazole rings is 1. The highest BCUT2D eigenvalue weighted by Gasteiger charge is 2.26. The fraction of sp³-hybridized carbons (Fsp3) is 0.500. The van der Waals surface area contributed by atoms with Gasteiger partial charge in [-0.05, 0) is 67.7 Å². The molecule has 0 saturated carbocycles. The Morgan fingerprint density at radius 1 is 1.22 bits per heavy atom. The molecule has 10 heteroatoms. The van der Waals surface area contributed by atoms with E-state index in [4.69, 9.17) is 20.2 Å². The minimum absolute atomic E-state index is 0.244. The average Bonchev–Trinajstić information content (AvgIpc) is 3.37. The van der Waals surface area contributed by atoms with Gasteiger partial charge in [-0.15, -0.1) is 0 Å². The molecular formula is C22H27BrN6O2S. The number of nitrogen functional groups attached to an aromatic ring is 1. The molecule has 32 heavy (non-hydrogen) atoms. The van der Waals surface area contributed by atoms with Gasteiger partial charge in [-0.2, -0.15) is 0 Å². The standard InChI is InChI=1S/C22H27BrN6O2S/c1-13(2)28-7-4-3-5-14(28)6-8-29-21-19(20(24)25-11-26-21)27-22(29)32-18-10-17-16(9-15(18)23)30-12-31-17/h9-11,13-14H,3-8,12H2,1-2H3,(H2,24,25,26). The van der Waals surface area contributed by atoms with Crippen molar-refractivity contribution in [1.82, 2.24) is 24.4 Å². The van der Waals surface area contributed by atoms with Crippen LogP contribution in [0.2, 0.25) is 0 Å². The number of anilines is 1. The number of hydrogen-bond acceptors (Lipinski definition) is 8. The quantitative estimate of drug-likeness (QED) is 0.501. The Kier molecular flexibility index (Phi) is 6.18. The number of fused-ring (bicyclic) bond motifs is 2. The van der Waals surface area contributed by atoms with E-state index < -0.39 is 0 Å². The van der Waals surface area contributed by atoms with Gasteiger partial charge >= 0.3 is 0 Å². The van der Waals surface area contributed by atoms with Crippen molar-refractivity contribution in [1.29, 1.82) is 0 Å². The normalized spacial score (nSPS) is 18.7. The zero-order valence-corrected chi connectivity index (χ0v) is 20.7. The van der Waals surface area contributed by atoms with Gasteiger partial charge in [0.05, 0.1) is 0 Å². The van der Waals surface area contributed by atoms with Crippen LogP contribution in [0.25, 0.3) is 11.2 Å². The van der Waals surface area contributed by atoms with Gasteiger partial charge in [0.2, 0.25) is 6.79 Å². The van der Waals surface area contributed by atoms with Crippen molar-refractivity contribution >= 4 is 44.7 Å². The van der Waals surface area contributed by atoms with Crippen LogP contribution in [-0.4, -0.2) is 49.8 Å². The minimum atomic E-state index is 0.244. The van der Waals surface area contributed by atoms with Crippen LogP contribution < -0.4 is 15.2 Å². The molecule has 4 heterocycles. The Balaban J connectivity index is 1.47. The highest BCUT2D eigenvalue weighted by Crippen LogP contribution is 2.43. The third-order valence-electron chi connectivity index (χ3n) is 6.18. The molecule has 0 amide bonds. The number of halogens is 1. The molecule has 1 saturated heterocycles. The largest absolute Gasteiger partial charge is 0.454 e. The predicted octanol–water partition coefficient (Wildman–Crippen LogP) is 4.70. The molecule has 1 fully saturated rings. The molecule has 0 radical (unpaired) electrons. The second kappa shape index (κ2) is 9.07. The summed E-state index contributed by atoms with van der Waals surface area (Å²) in [4.78, 5) is 17.1. The molecule has 0 spiro atoms. The topological polar surface area (TPSA) is 91.3 Å². The van der Waals surface area contributed by atoms with E-state index in [9.17, 15) is 0 Å². The van der Waals surface area contributed by atoms with Crippen LogP contribution in [0.3, 0.4) is 0 Å². The van der Waals surface area contributed by atoms with E-state index in [1.165, 1.54) is 32.1 Å². The van der Waals surface area contributed by atoms with Gasteiger partial charge in [-0.1, -0.05) is 18.2 Å². The Morgan fingerprint density at radius 2 is 2.03 bits per heavy atom. The second-order valence-electron chi connectivity index (χ2n) is 8.48. The molecule has 2 aliphatic rings. The maximum Gasteiger partial charge on any atom is 0.231 e. The summed E-state index contributed by atoms with van der Waals surface area (Å²) in [6.07, 6.45) is 6.37. The van der Waals surface area contributed by atoms with Gasteiger partial charge in [0.15, 0.2) is 33.6 Å². The van der Waals surface area contributed by atoms with Crippen molar-refractivity contribution < 1.29 is 9.47 Å². The van der Waals surface area contributed by atoms with Crippen LogP contribution in [0.4, 0.5) is 5.82 Å².